The van der Waals surface area contributed by atoms with E-state index in [9.17, 15) is 13.2 Å². The number of sulfone groups is 1. The van der Waals surface area contributed by atoms with Crippen molar-refractivity contribution >= 4 is 27.1 Å². The van der Waals surface area contributed by atoms with E-state index in [0.29, 0.717) is 11.3 Å². The molecule has 0 aliphatic rings. The van der Waals surface area contributed by atoms with Crippen LogP contribution in [0.15, 0.2) is 53.4 Å². The van der Waals surface area contributed by atoms with Crippen LogP contribution in [-0.2, 0) is 9.84 Å². The molecule has 0 spiro atoms. The molecule has 2 aromatic rings. The molecule has 1 amide bonds. The van der Waals surface area contributed by atoms with Gasteiger partial charge >= 0.3 is 0 Å². The van der Waals surface area contributed by atoms with Gasteiger partial charge in [0.05, 0.1) is 4.90 Å². The van der Waals surface area contributed by atoms with Crippen LogP contribution in [0.1, 0.15) is 10.4 Å². The molecule has 5 nitrogen and oxygen atoms in total. The zero-order chi connectivity index (χ0) is 16.3. The summed E-state index contributed by atoms with van der Waals surface area (Å²) in [6.45, 7) is 0. The van der Waals surface area contributed by atoms with Gasteiger partial charge in [-0.1, -0.05) is 6.07 Å². The lowest BCUT2D eigenvalue weighted by Gasteiger charge is -2.12. The van der Waals surface area contributed by atoms with Gasteiger partial charge in [-0.15, -0.1) is 0 Å². The van der Waals surface area contributed by atoms with Crippen LogP contribution in [0.2, 0.25) is 0 Å². The van der Waals surface area contributed by atoms with Crippen LogP contribution in [0.25, 0.3) is 0 Å². The Morgan fingerprint density at radius 2 is 1.68 bits per heavy atom. The average molecular weight is 318 g/mol. The second-order valence-corrected chi connectivity index (χ2v) is 7.21. The number of amides is 1. The number of anilines is 2. The number of hydrogen-bond acceptors (Lipinski definition) is 4. The summed E-state index contributed by atoms with van der Waals surface area (Å²) < 4.78 is 23.0. The zero-order valence-electron chi connectivity index (χ0n) is 12.7. The van der Waals surface area contributed by atoms with Crippen molar-refractivity contribution in [2.45, 2.75) is 4.90 Å². The van der Waals surface area contributed by atoms with Crippen LogP contribution in [0.4, 0.5) is 11.4 Å². The van der Waals surface area contributed by atoms with Gasteiger partial charge in [0.15, 0.2) is 9.84 Å². The van der Waals surface area contributed by atoms with Crippen LogP contribution < -0.4 is 10.2 Å². The van der Waals surface area contributed by atoms with Gasteiger partial charge in [-0.2, -0.15) is 0 Å². The van der Waals surface area contributed by atoms with Crippen molar-refractivity contribution < 1.29 is 13.2 Å². The lowest BCUT2D eigenvalue weighted by molar-refractivity contribution is 0.102. The fourth-order valence-electron chi connectivity index (χ4n) is 1.92. The summed E-state index contributed by atoms with van der Waals surface area (Å²) in [6.07, 6.45) is 1.13. The van der Waals surface area contributed by atoms with Gasteiger partial charge in [-0.25, -0.2) is 8.42 Å². The fraction of sp³-hybridized carbons (Fsp3) is 0.188. The summed E-state index contributed by atoms with van der Waals surface area (Å²) in [7, 11) is 0.547. The summed E-state index contributed by atoms with van der Waals surface area (Å²) in [4.78, 5) is 14.3. The van der Waals surface area contributed by atoms with Crippen molar-refractivity contribution in [2.75, 3.05) is 30.6 Å². The third kappa shape index (κ3) is 3.85. The van der Waals surface area contributed by atoms with Crippen LogP contribution in [0, 0.1) is 0 Å². The molecule has 1 N–H and O–H groups in total. The van der Waals surface area contributed by atoms with E-state index in [2.05, 4.69) is 5.32 Å². The van der Waals surface area contributed by atoms with Crippen molar-refractivity contribution in [3.8, 4) is 0 Å². The second kappa shape index (κ2) is 6.19. The number of benzene rings is 2. The quantitative estimate of drug-likeness (QED) is 0.940. The van der Waals surface area contributed by atoms with Gasteiger partial charge in [0.1, 0.15) is 0 Å². The normalized spacial score (nSPS) is 11.0. The maximum absolute atomic E-state index is 12.2. The number of rotatable bonds is 4. The van der Waals surface area contributed by atoms with Gasteiger partial charge in [0.2, 0.25) is 0 Å². The first-order valence-electron chi connectivity index (χ1n) is 6.66. The van der Waals surface area contributed by atoms with E-state index in [1.807, 2.05) is 31.1 Å². The third-order valence-electron chi connectivity index (χ3n) is 3.17. The van der Waals surface area contributed by atoms with Gasteiger partial charge in [0, 0.05) is 37.3 Å². The van der Waals surface area contributed by atoms with Crippen molar-refractivity contribution in [3.63, 3.8) is 0 Å². The Hall–Kier alpha value is -2.34. The van der Waals surface area contributed by atoms with E-state index >= 15 is 0 Å². The van der Waals surface area contributed by atoms with Gasteiger partial charge in [0.25, 0.3) is 5.91 Å². The highest BCUT2D eigenvalue weighted by molar-refractivity contribution is 7.90. The Labute approximate surface area is 130 Å². The van der Waals surface area contributed by atoms with E-state index in [1.54, 1.807) is 24.3 Å². The molecule has 0 saturated heterocycles. The van der Waals surface area contributed by atoms with Crippen molar-refractivity contribution in [1.29, 1.82) is 0 Å². The van der Waals surface area contributed by atoms with Crippen molar-refractivity contribution in [3.05, 3.63) is 54.1 Å². The Kier molecular flexibility index (Phi) is 4.51. The van der Waals surface area contributed by atoms with Crippen molar-refractivity contribution in [2.24, 2.45) is 0 Å². The van der Waals surface area contributed by atoms with Gasteiger partial charge in [-0.3, -0.25) is 4.79 Å². The Balaban J connectivity index is 2.18. The molecule has 0 radical (unpaired) electrons. The highest BCUT2D eigenvalue weighted by Gasteiger charge is 2.10. The molecule has 0 bridgehead atoms. The number of carbonyl (C=O) groups excluding carboxylic acids is 1. The Morgan fingerprint density at radius 1 is 1.05 bits per heavy atom. The molecular weight excluding hydrogens is 300 g/mol. The first-order valence-corrected chi connectivity index (χ1v) is 8.55. The molecule has 0 saturated carbocycles. The Bertz CT molecular complexity index is 781. The second-order valence-electron chi connectivity index (χ2n) is 5.20. The monoisotopic (exact) mass is 318 g/mol. The summed E-state index contributed by atoms with van der Waals surface area (Å²) in [5.41, 5.74) is 1.95. The zero-order valence-corrected chi connectivity index (χ0v) is 13.5. The minimum atomic E-state index is -3.30. The standard InChI is InChI=1S/C16H18N2O3S/c1-18(2)14-9-7-12(8-10-14)16(19)17-13-5-4-6-15(11-13)22(3,20)21/h4-11H,1-3H3,(H,17,19). The fourth-order valence-corrected chi connectivity index (χ4v) is 2.59. The first kappa shape index (κ1) is 16.0. The van der Waals surface area contributed by atoms with E-state index < -0.39 is 9.84 Å². The first-order chi connectivity index (χ1) is 10.3. The third-order valence-corrected chi connectivity index (χ3v) is 4.28. The van der Waals surface area contributed by atoms with Gasteiger partial charge < -0.3 is 10.2 Å². The molecule has 6 heteroatoms. The summed E-state index contributed by atoms with van der Waals surface area (Å²) in [5.74, 6) is -0.282. The number of nitrogens with zero attached hydrogens (tertiary/aromatic N) is 1. The van der Waals surface area contributed by atoms with Crippen LogP contribution >= 0.6 is 0 Å². The maximum atomic E-state index is 12.2. The molecule has 0 aromatic heterocycles. The number of nitrogens with one attached hydrogen (secondary N) is 1. The summed E-state index contributed by atoms with van der Waals surface area (Å²) in [5, 5.41) is 2.70. The van der Waals surface area contributed by atoms with Crippen LogP contribution in [-0.4, -0.2) is 34.7 Å². The van der Waals surface area contributed by atoms with Gasteiger partial charge in [-0.05, 0) is 42.5 Å². The SMILES string of the molecule is CN(C)c1ccc(C(=O)Nc2cccc(S(C)(=O)=O)c2)cc1. The minimum absolute atomic E-state index is 0.174. The minimum Gasteiger partial charge on any atom is -0.378 e. The van der Waals surface area contributed by atoms with Crippen molar-refractivity contribution in [1.82, 2.24) is 0 Å². The van der Waals surface area contributed by atoms with Crippen LogP contribution in [0.5, 0.6) is 0 Å². The molecule has 0 unspecified atom stereocenters. The molecule has 2 aromatic carbocycles. The highest BCUT2D eigenvalue weighted by atomic mass is 32.2. The molecule has 0 fully saturated rings. The maximum Gasteiger partial charge on any atom is 0.255 e. The predicted molar refractivity (Wildman–Crippen MR) is 88.3 cm³/mol. The molecule has 0 atom stereocenters. The van der Waals surface area contributed by atoms with E-state index in [1.165, 1.54) is 12.1 Å². The molecule has 0 heterocycles. The largest absolute Gasteiger partial charge is 0.378 e. The molecule has 2 rings (SSSR count). The lowest BCUT2D eigenvalue weighted by atomic mass is 10.2. The van der Waals surface area contributed by atoms with E-state index in [-0.39, 0.29) is 10.8 Å². The highest BCUT2D eigenvalue weighted by Crippen LogP contribution is 2.17. The topological polar surface area (TPSA) is 66.5 Å². The molecular formula is C16H18N2O3S. The Morgan fingerprint density at radius 3 is 2.23 bits per heavy atom. The van der Waals surface area contributed by atoms with E-state index in [0.717, 1.165) is 11.9 Å². The average Bonchev–Trinajstić information content (AvgIpc) is 2.46. The summed E-state index contributed by atoms with van der Waals surface area (Å²) in [6, 6.07) is 13.3. The van der Waals surface area contributed by atoms with Crippen LogP contribution in [0.3, 0.4) is 0 Å². The molecule has 22 heavy (non-hydrogen) atoms. The smallest absolute Gasteiger partial charge is 0.255 e. The number of hydrogen-bond donors (Lipinski definition) is 1. The predicted octanol–water partition coefficient (Wildman–Crippen LogP) is 2.41. The van der Waals surface area contributed by atoms with E-state index in [4.69, 9.17) is 0 Å². The summed E-state index contributed by atoms with van der Waals surface area (Å²) >= 11 is 0. The molecule has 116 valence electrons. The molecule has 0 aliphatic heterocycles. The number of carbonyl (C=O) groups is 1. The molecule has 0 aliphatic carbocycles. The lowest BCUT2D eigenvalue weighted by Crippen LogP contribution is -2.13.